The van der Waals surface area contributed by atoms with Gasteiger partial charge < -0.3 is 5.32 Å². The highest BCUT2D eigenvalue weighted by molar-refractivity contribution is 6.23. The third-order valence-corrected chi connectivity index (χ3v) is 4.54. The molecule has 1 atom stereocenters. The number of nitrogens with one attached hydrogen (secondary N) is 1. The van der Waals surface area contributed by atoms with Gasteiger partial charge in [-0.05, 0) is 43.0 Å². The predicted molar refractivity (Wildman–Crippen MR) is 96.3 cm³/mol. The fourth-order valence-electron chi connectivity index (χ4n) is 3.30. The molecule has 0 aliphatic carbocycles. The molecule has 2 aromatic carbocycles. The molecule has 24 heavy (non-hydrogen) atoms. The van der Waals surface area contributed by atoms with E-state index in [2.05, 4.69) is 12.2 Å². The van der Waals surface area contributed by atoms with E-state index in [4.69, 9.17) is 0 Å². The average Bonchev–Trinajstić information content (AvgIpc) is 2.83. The maximum absolute atomic E-state index is 12.9. The maximum atomic E-state index is 12.9. The molecule has 1 heterocycles. The summed E-state index contributed by atoms with van der Waals surface area (Å²) in [5.74, 6) is -0.327. The quantitative estimate of drug-likeness (QED) is 0.875. The van der Waals surface area contributed by atoms with Crippen LogP contribution >= 0.6 is 0 Å². The van der Waals surface area contributed by atoms with Crippen LogP contribution in [0, 0.1) is 13.8 Å². The standard InChI is InChI=1S/C20H22N2O2/c1-4-15-10-5-6-11-16(15)21-17-12-18(23)22(20(17)24)19-13(2)8-7-9-14(19)3/h5-11,17,21H,4,12H2,1-3H3. The summed E-state index contributed by atoms with van der Waals surface area (Å²) < 4.78 is 0. The van der Waals surface area contributed by atoms with Crippen LogP contribution in [0.4, 0.5) is 11.4 Å². The van der Waals surface area contributed by atoms with Gasteiger partial charge in [0, 0.05) is 5.69 Å². The molecule has 1 aliphatic rings. The number of carbonyl (C=O) groups excluding carboxylic acids is 2. The SMILES string of the molecule is CCc1ccccc1NC1CC(=O)N(c2c(C)cccc2C)C1=O. The van der Waals surface area contributed by atoms with Crippen LogP contribution in [0.5, 0.6) is 0 Å². The van der Waals surface area contributed by atoms with Crippen molar-refractivity contribution < 1.29 is 9.59 Å². The zero-order chi connectivity index (χ0) is 17.3. The molecule has 4 nitrogen and oxygen atoms in total. The summed E-state index contributed by atoms with van der Waals surface area (Å²) in [6, 6.07) is 13.2. The van der Waals surface area contributed by atoms with Gasteiger partial charge in [-0.25, -0.2) is 4.90 Å². The van der Waals surface area contributed by atoms with Crippen LogP contribution in [0.15, 0.2) is 42.5 Å². The van der Waals surface area contributed by atoms with Gasteiger partial charge in [0.1, 0.15) is 6.04 Å². The monoisotopic (exact) mass is 322 g/mol. The maximum Gasteiger partial charge on any atom is 0.256 e. The zero-order valence-corrected chi connectivity index (χ0v) is 14.3. The van der Waals surface area contributed by atoms with Gasteiger partial charge in [0.15, 0.2) is 0 Å². The Balaban J connectivity index is 1.90. The number of amides is 2. The Hall–Kier alpha value is -2.62. The van der Waals surface area contributed by atoms with E-state index >= 15 is 0 Å². The van der Waals surface area contributed by atoms with Crippen molar-refractivity contribution in [2.45, 2.75) is 39.7 Å². The van der Waals surface area contributed by atoms with Crippen molar-refractivity contribution in [2.75, 3.05) is 10.2 Å². The van der Waals surface area contributed by atoms with Crippen LogP contribution in [-0.2, 0) is 16.0 Å². The summed E-state index contributed by atoms with van der Waals surface area (Å²) >= 11 is 0. The van der Waals surface area contributed by atoms with Crippen molar-refractivity contribution in [3.63, 3.8) is 0 Å². The van der Waals surface area contributed by atoms with Gasteiger partial charge in [-0.15, -0.1) is 0 Å². The summed E-state index contributed by atoms with van der Waals surface area (Å²) in [4.78, 5) is 26.7. The van der Waals surface area contributed by atoms with Crippen molar-refractivity contribution in [3.05, 3.63) is 59.2 Å². The minimum atomic E-state index is -0.510. The molecule has 2 amide bonds. The Morgan fingerprint density at radius 1 is 1.04 bits per heavy atom. The Morgan fingerprint density at radius 2 is 1.71 bits per heavy atom. The minimum absolute atomic E-state index is 0.149. The fraction of sp³-hybridized carbons (Fsp3) is 0.300. The number of carbonyl (C=O) groups is 2. The van der Waals surface area contributed by atoms with Crippen LogP contribution < -0.4 is 10.2 Å². The molecular weight excluding hydrogens is 300 g/mol. The first-order chi connectivity index (χ1) is 11.5. The average molecular weight is 322 g/mol. The number of anilines is 2. The molecule has 2 aromatic rings. The zero-order valence-electron chi connectivity index (χ0n) is 14.3. The minimum Gasteiger partial charge on any atom is -0.373 e. The predicted octanol–water partition coefficient (Wildman–Crippen LogP) is 3.61. The third-order valence-electron chi connectivity index (χ3n) is 4.54. The lowest BCUT2D eigenvalue weighted by Gasteiger charge is -2.20. The topological polar surface area (TPSA) is 49.4 Å². The van der Waals surface area contributed by atoms with Crippen molar-refractivity contribution in [3.8, 4) is 0 Å². The number of imide groups is 1. The summed E-state index contributed by atoms with van der Waals surface area (Å²) in [5.41, 5.74) is 4.66. The third kappa shape index (κ3) is 2.80. The Morgan fingerprint density at radius 3 is 2.38 bits per heavy atom. The molecule has 1 N–H and O–H groups in total. The number of nitrogens with zero attached hydrogens (tertiary/aromatic N) is 1. The number of hydrogen-bond donors (Lipinski definition) is 1. The molecule has 4 heteroatoms. The van der Waals surface area contributed by atoms with E-state index in [1.165, 1.54) is 4.90 Å². The van der Waals surface area contributed by atoms with Crippen LogP contribution in [0.25, 0.3) is 0 Å². The second-order valence-electron chi connectivity index (χ2n) is 6.22. The van der Waals surface area contributed by atoms with Crippen LogP contribution in [0.3, 0.4) is 0 Å². The first-order valence-corrected chi connectivity index (χ1v) is 8.30. The summed E-state index contributed by atoms with van der Waals surface area (Å²) in [7, 11) is 0. The highest BCUT2D eigenvalue weighted by Gasteiger charge is 2.40. The van der Waals surface area contributed by atoms with Crippen molar-refractivity contribution in [1.29, 1.82) is 0 Å². The normalized spacial score (nSPS) is 17.5. The van der Waals surface area contributed by atoms with Gasteiger partial charge in [-0.1, -0.05) is 43.3 Å². The molecule has 3 rings (SSSR count). The van der Waals surface area contributed by atoms with Gasteiger partial charge in [-0.3, -0.25) is 9.59 Å². The van der Waals surface area contributed by atoms with E-state index < -0.39 is 6.04 Å². The second kappa shape index (κ2) is 6.48. The van der Waals surface area contributed by atoms with Gasteiger partial charge >= 0.3 is 0 Å². The van der Waals surface area contributed by atoms with Crippen molar-refractivity contribution in [2.24, 2.45) is 0 Å². The lowest BCUT2D eigenvalue weighted by molar-refractivity contribution is -0.121. The van der Waals surface area contributed by atoms with E-state index in [9.17, 15) is 9.59 Å². The molecule has 0 aromatic heterocycles. The van der Waals surface area contributed by atoms with E-state index in [0.717, 1.165) is 34.5 Å². The van der Waals surface area contributed by atoms with E-state index in [1.54, 1.807) is 0 Å². The van der Waals surface area contributed by atoms with E-state index in [1.807, 2.05) is 56.3 Å². The van der Waals surface area contributed by atoms with Crippen LogP contribution in [0.2, 0.25) is 0 Å². The highest BCUT2D eigenvalue weighted by atomic mass is 16.2. The van der Waals surface area contributed by atoms with Gasteiger partial charge in [0.25, 0.3) is 5.91 Å². The summed E-state index contributed by atoms with van der Waals surface area (Å²) in [6.07, 6.45) is 1.06. The summed E-state index contributed by atoms with van der Waals surface area (Å²) in [6.45, 7) is 5.93. The number of benzene rings is 2. The Labute approximate surface area is 142 Å². The molecule has 1 fully saturated rings. The van der Waals surface area contributed by atoms with E-state index in [-0.39, 0.29) is 18.2 Å². The fourth-order valence-corrected chi connectivity index (χ4v) is 3.30. The lowest BCUT2D eigenvalue weighted by Crippen LogP contribution is -2.35. The van der Waals surface area contributed by atoms with Gasteiger partial charge in [0.05, 0.1) is 12.1 Å². The summed E-state index contributed by atoms with van der Waals surface area (Å²) in [5, 5.41) is 3.27. The molecule has 1 unspecified atom stereocenters. The van der Waals surface area contributed by atoms with E-state index in [0.29, 0.717) is 0 Å². The van der Waals surface area contributed by atoms with Crippen LogP contribution in [-0.4, -0.2) is 17.9 Å². The lowest BCUT2D eigenvalue weighted by atomic mass is 10.1. The first-order valence-electron chi connectivity index (χ1n) is 8.30. The largest absolute Gasteiger partial charge is 0.373 e. The van der Waals surface area contributed by atoms with Crippen molar-refractivity contribution in [1.82, 2.24) is 0 Å². The van der Waals surface area contributed by atoms with Gasteiger partial charge in [-0.2, -0.15) is 0 Å². The molecule has 124 valence electrons. The van der Waals surface area contributed by atoms with Crippen molar-refractivity contribution >= 4 is 23.2 Å². The molecule has 0 saturated carbocycles. The Bertz CT molecular complexity index is 778. The highest BCUT2D eigenvalue weighted by Crippen LogP contribution is 2.31. The molecule has 1 aliphatic heterocycles. The number of rotatable bonds is 4. The number of hydrogen-bond acceptors (Lipinski definition) is 3. The second-order valence-corrected chi connectivity index (χ2v) is 6.22. The first kappa shape index (κ1) is 16.2. The number of para-hydroxylation sites is 2. The molecular formula is C20H22N2O2. The Kier molecular flexibility index (Phi) is 4.38. The smallest absolute Gasteiger partial charge is 0.256 e. The van der Waals surface area contributed by atoms with Crippen LogP contribution in [0.1, 0.15) is 30.0 Å². The molecule has 1 saturated heterocycles. The molecule has 0 spiro atoms. The van der Waals surface area contributed by atoms with Gasteiger partial charge in [0.2, 0.25) is 5.91 Å². The molecule has 0 radical (unpaired) electrons. The number of aryl methyl sites for hydroxylation is 3. The molecule has 0 bridgehead atoms.